The van der Waals surface area contributed by atoms with Crippen LogP contribution < -0.4 is 11.2 Å². The van der Waals surface area contributed by atoms with Gasteiger partial charge < -0.3 is 15.2 Å². The fraction of sp³-hybridized carbons (Fsp3) is 0.250. The highest BCUT2D eigenvalue weighted by Gasteiger charge is 2.39. The molecule has 0 fully saturated rings. The summed E-state index contributed by atoms with van der Waals surface area (Å²) >= 11 is 13.3. The fourth-order valence-electron chi connectivity index (χ4n) is 2.75. The van der Waals surface area contributed by atoms with Crippen LogP contribution in [0.3, 0.4) is 0 Å². The van der Waals surface area contributed by atoms with Crippen molar-refractivity contribution in [3.8, 4) is 0 Å². The molecule has 168 valence electrons. The quantitative estimate of drug-likeness (QED) is 0.256. The van der Waals surface area contributed by atoms with E-state index in [0.29, 0.717) is 26.2 Å². The molecule has 32 heavy (non-hydrogen) atoms. The van der Waals surface area contributed by atoms with Gasteiger partial charge in [0.2, 0.25) is 5.95 Å². The number of thioether (sulfide) groups is 1. The van der Waals surface area contributed by atoms with Gasteiger partial charge in [-0.05, 0) is 26.0 Å². The molecule has 1 unspecified atom stereocenters. The highest BCUT2D eigenvalue weighted by Crippen LogP contribution is 2.40. The number of hydrogen-bond donors (Lipinski definition) is 2. The van der Waals surface area contributed by atoms with Gasteiger partial charge in [0.05, 0.1) is 40.7 Å². The summed E-state index contributed by atoms with van der Waals surface area (Å²) in [4.78, 5) is 33.5. The third-order valence-electron chi connectivity index (χ3n) is 4.18. The monoisotopic (exact) mass is 495 g/mol. The Morgan fingerprint density at radius 1 is 1.25 bits per heavy atom. The summed E-state index contributed by atoms with van der Waals surface area (Å²) in [5, 5.41) is 4.31. The van der Waals surface area contributed by atoms with Crippen molar-refractivity contribution in [3.63, 3.8) is 0 Å². The summed E-state index contributed by atoms with van der Waals surface area (Å²) in [6.07, 6.45) is 2.88. The van der Waals surface area contributed by atoms with Gasteiger partial charge in [0.25, 0.3) is 0 Å². The second-order valence-corrected chi connectivity index (χ2v) is 8.12. The molecule has 0 saturated carbocycles. The molecule has 0 saturated heterocycles. The molecule has 1 aromatic carbocycles. The summed E-state index contributed by atoms with van der Waals surface area (Å²) in [6.45, 7) is 3.61. The maximum Gasteiger partial charge on any atom is 0.337 e. The number of ether oxygens (including phenoxy) is 2. The van der Waals surface area contributed by atoms with Crippen molar-refractivity contribution in [3.05, 3.63) is 51.1 Å². The van der Waals surface area contributed by atoms with E-state index in [0.717, 1.165) is 11.8 Å². The highest BCUT2D eigenvalue weighted by molar-refractivity contribution is 8.01. The third kappa shape index (κ3) is 5.14. The Morgan fingerprint density at radius 2 is 1.94 bits per heavy atom. The number of esters is 2. The lowest BCUT2D eigenvalue weighted by molar-refractivity contribution is -0.145. The van der Waals surface area contributed by atoms with Crippen LogP contribution in [0.4, 0.5) is 5.95 Å². The number of hydrogen-bond acceptors (Lipinski definition) is 10. The minimum Gasteiger partial charge on any atom is -0.465 e. The molecule has 0 spiro atoms. The molecule has 1 aromatic heterocycles. The first-order chi connectivity index (χ1) is 15.4. The van der Waals surface area contributed by atoms with Gasteiger partial charge in [-0.25, -0.2) is 20.2 Å². The van der Waals surface area contributed by atoms with Crippen LogP contribution >= 0.6 is 35.0 Å². The maximum absolute atomic E-state index is 12.5. The zero-order valence-electron chi connectivity index (χ0n) is 17.1. The van der Waals surface area contributed by atoms with Crippen LogP contribution in [-0.4, -0.2) is 46.6 Å². The first-order valence-corrected chi connectivity index (χ1v) is 11.1. The van der Waals surface area contributed by atoms with Crippen molar-refractivity contribution in [2.75, 3.05) is 18.6 Å². The fourth-order valence-corrected chi connectivity index (χ4v) is 4.40. The Labute approximate surface area is 198 Å². The Morgan fingerprint density at radius 3 is 2.59 bits per heavy atom. The number of nitrogens with zero attached hydrogens (tertiary/aromatic N) is 3. The minimum atomic E-state index is -1.02. The summed E-state index contributed by atoms with van der Waals surface area (Å²) in [5.74, 6) is -1.16. The Kier molecular flexibility index (Phi) is 7.94. The molecule has 12 heteroatoms. The van der Waals surface area contributed by atoms with E-state index >= 15 is 0 Å². The summed E-state index contributed by atoms with van der Waals surface area (Å²) in [7, 11) is 0. The zero-order valence-corrected chi connectivity index (χ0v) is 19.4. The van der Waals surface area contributed by atoms with Crippen molar-refractivity contribution in [1.82, 2.24) is 9.97 Å². The third-order valence-corrected chi connectivity index (χ3v) is 6.04. The molecule has 1 aliphatic heterocycles. The van der Waals surface area contributed by atoms with E-state index in [9.17, 15) is 9.59 Å². The molecule has 3 rings (SSSR count). The topological polar surface area (TPSA) is 129 Å². The van der Waals surface area contributed by atoms with E-state index in [1.807, 2.05) is 0 Å². The van der Waals surface area contributed by atoms with E-state index < -0.39 is 17.2 Å². The lowest BCUT2D eigenvalue weighted by Crippen LogP contribution is -2.32. The molecule has 2 heterocycles. The Balaban J connectivity index is 1.90. The van der Waals surface area contributed by atoms with E-state index in [4.69, 9.17) is 38.4 Å². The highest BCUT2D eigenvalue weighted by atomic mass is 35.5. The molecule has 9 nitrogen and oxygen atoms in total. The first-order valence-electron chi connectivity index (χ1n) is 9.47. The number of aromatic nitrogens is 2. The largest absolute Gasteiger partial charge is 0.465 e. The lowest BCUT2D eigenvalue weighted by Gasteiger charge is -2.25. The van der Waals surface area contributed by atoms with Crippen molar-refractivity contribution in [1.29, 1.82) is 0 Å². The molecule has 1 atom stereocenters. The van der Waals surface area contributed by atoms with E-state index in [2.05, 4.69) is 20.5 Å². The van der Waals surface area contributed by atoms with Gasteiger partial charge in [-0.3, -0.25) is 4.79 Å². The van der Waals surface area contributed by atoms with Crippen LogP contribution in [0.25, 0.3) is 5.70 Å². The molecule has 0 aliphatic carbocycles. The first kappa shape index (κ1) is 23.8. The maximum atomic E-state index is 12.5. The van der Waals surface area contributed by atoms with Gasteiger partial charge in [-0.1, -0.05) is 41.0 Å². The molecule has 2 aromatic rings. The number of carbonyl (C=O) groups is 2. The number of carbonyl (C=O) groups excluding carboxylic acids is 2. The van der Waals surface area contributed by atoms with Crippen LogP contribution in [0.1, 0.15) is 25.0 Å². The van der Waals surface area contributed by atoms with Crippen LogP contribution in [0.2, 0.25) is 10.0 Å². The number of rotatable bonds is 7. The molecule has 3 N–H and O–H groups in total. The van der Waals surface area contributed by atoms with Crippen LogP contribution in [0.15, 0.2) is 40.1 Å². The van der Waals surface area contributed by atoms with Crippen LogP contribution in [0.5, 0.6) is 0 Å². The Hall–Kier alpha value is -2.82. The number of hydrazone groups is 1. The molecule has 1 aliphatic rings. The van der Waals surface area contributed by atoms with Crippen LogP contribution in [-0.2, 0) is 19.1 Å². The Bertz CT molecular complexity index is 1090. The average Bonchev–Trinajstić information content (AvgIpc) is 2.75. The van der Waals surface area contributed by atoms with Gasteiger partial charge in [-0.15, -0.1) is 0 Å². The van der Waals surface area contributed by atoms with E-state index in [-0.39, 0.29) is 30.4 Å². The predicted molar refractivity (Wildman–Crippen MR) is 124 cm³/mol. The van der Waals surface area contributed by atoms with Crippen molar-refractivity contribution >= 4 is 64.8 Å². The normalized spacial score (nSPS) is 15.4. The van der Waals surface area contributed by atoms with Gasteiger partial charge in [0.1, 0.15) is 10.3 Å². The molecule has 0 radical (unpaired) electrons. The summed E-state index contributed by atoms with van der Waals surface area (Å²) in [5.41, 5.74) is 9.90. The average molecular weight is 496 g/mol. The SMILES string of the molecule is CCOC(=O)C1=C(N)c2cnc(N/N=C/c3c(Cl)cccc3Cl)nc2SC1C(=O)OCC. The molecular formula is C20H19Cl2N5O4S. The second-order valence-electron chi connectivity index (χ2n) is 6.22. The smallest absolute Gasteiger partial charge is 0.337 e. The number of nitrogens with one attached hydrogen (secondary N) is 1. The van der Waals surface area contributed by atoms with Crippen molar-refractivity contribution in [2.24, 2.45) is 10.8 Å². The number of halogens is 2. The standard InChI is InChI=1S/C20H19Cl2N5O4S/c1-3-30-18(28)14-15(23)11-8-24-20(26-17(11)32-16(14)19(29)31-4-2)27-25-9-10-12(21)6-5-7-13(10)22/h5-9,16H,3-4,23H2,1-2H3,(H,24,26,27)/b25-9+. The molecule has 0 amide bonds. The van der Waals surface area contributed by atoms with E-state index in [1.165, 1.54) is 12.4 Å². The van der Waals surface area contributed by atoms with Gasteiger partial charge in [-0.2, -0.15) is 5.10 Å². The summed E-state index contributed by atoms with van der Waals surface area (Å²) < 4.78 is 10.2. The van der Waals surface area contributed by atoms with Crippen molar-refractivity contribution < 1.29 is 19.1 Å². The minimum absolute atomic E-state index is 0.0125. The number of fused-ring (bicyclic) bond motifs is 1. The van der Waals surface area contributed by atoms with Gasteiger partial charge >= 0.3 is 11.9 Å². The lowest BCUT2D eigenvalue weighted by atomic mass is 10.1. The predicted octanol–water partition coefficient (Wildman–Crippen LogP) is 3.50. The number of nitrogens with two attached hydrogens (primary N) is 1. The summed E-state index contributed by atoms with van der Waals surface area (Å²) in [6, 6.07) is 5.10. The van der Waals surface area contributed by atoms with E-state index in [1.54, 1.807) is 32.0 Å². The van der Waals surface area contributed by atoms with Gasteiger partial charge in [0.15, 0.2) is 0 Å². The number of benzene rings is 1. The van der Waals surface area contributed by atoms with Crippen molar-refractivity contribution in [2.45, 2.75) is 24.1 Å². The van der Waals surface area contributed by atoms with Crippen LogP contribution in [0, 0.1) is 0 Å². The second kappa shape index (κ2) is 10.7. The number of anilines is 1. The molecule has 0 bridgehead atoms. The van der Waals surface area contributed by atoms with Gasteiger partial charge in [0, 0.05) is 17.3 Å². The molecular weight excluding hydrogens is 477 g/mol. The zero-order chi connectivity index (χ0) is 23.3.